The van der Waals surface area contributed by atoms with Gasteiger partial charge in [0.15, 0.2) is 0 Å². The van der Waals surface area contributed by atoms with Gasteiger partial charge >= 0.3 is 0 Å². The fourth-order valence-corrected chi connectivity index (χ4v) is 8.68. The van der Waals surface area contributed by atoms with Crippen LogP contribution < -0.4 is 4.74 Å². The highest BCUT2D eigenvalue weighted by molar-refractivity contribution is 5.58. The summed E-state index contributed by atoms with van der Waals surface area (Å²) in [6.07, 6.45) is 7.26. The Kier molecular flexibility index (Phi) is 5.05. The summed E-state index contributed by atoms with van der Waals surface area (Å²) in [5.41, 5.74) is 3.64. The molecule has 2 aliphatic heterocycles. The summed E-state index contributed by atoms with van der Waals surface area (Å²) < 4.78 is 13.2. The first kappa shape index (κ1) is 21.7. The monoisotopic (exact) mass is 427 g/mol. The number of hydrogen-bond donors (Lipinski definition) is 1. The molecule has 0 aromatic heterocycles. The van der Waals surface area contributed by atoms with E-state index >= 15 is 0 Å². The maximum atomic E-state index is 11.7. The van der Waals surface area contributed by atoms with Crippen LogP contribution >= 0.6 is 0 Å². The quantitative estimate of drug-likeness (QED) is 0.719. The molecule has 172 valence electrons. The number of aryl methyl sites for hydroxylation is 1. The molecule has 2 aliphatic carbocycles. The van der Waals surface area contributed by atoms with Crippen LogP contribution in [0.5, 0.6) is 5.75 Å². The van der Waals surface area contributed by atoms with Gasteiger partial charge in [-0.25, -0.2) is 0 Å². The van der Waals surface area contributed by atoms with E-state index in [0.29, 0.717) is 6.04 Å². The van der Waals surface area contributed by atoms with Gasteiger partial charge in [-0.05, 0) is 76.7 Å². The van der Waals surface area contributed by atoms with Crippen molar-refractivity contribution in [2.45, 2.75) is 102 Å². The van der Waals surface area contributed by atoms with E-state index in [2.05, 4.69) is 44.9 Å². The van der Waals surface area contributed by atoms with Crippen molar-refractivity contribution in [3.8, 4) is 5.75 Å². The lowest BCUT2D eigenvalue weighted by atomic mass is 9.40. The van der Waals surface area contributed by atoms with E-state index in [-0.39, 0.29) is 29.0 Å². The van der Waals surface area contributed by atoms with Gasteiger partial charge in [-0.15, -0.1) is 0 Å². The van der Waals surface area contributed by atoms with Crippen molar-refractivity contribution in [2.75, 3.05) is 20.7 Å². The van der Waals surface area contributed by atoms with E-state index in [1.165, 1.54) is 23.1 Å². The van der Waals surface area contributed by atoms with Crippen LogP contribution in [0.25, 0.3) is 0 Å². The first-order chi connectivity index (χ1) is 14.8. The maximum Gasteiger partial charge on any atom is 0.135 e. The molecule has 1 unspecified atom stereocenters. The minimum atomic E-state index is -0.751. The highest BCUT2D eigenvalue weighted by atomic mass is 16.5. The lowest BCUT2D eigenvalue weighted by Gasteiger charge is -2.68. The highest BCUT2D eigenvalue weighted by Crippen LogP contribution is 2.71. The molecule has 0 amide bonds. The highest BCUT2D eigenvalue weighted by Gasteiger charge is 2.74. The van der Waals surface area contributed by atoms with Gasteiger partial charge in [0.2, 0.25) is 0 Å². The first-order valence-corrected chi connectivity index (χ1v) is 12.5. The number of ether oxygens (including phenoxy) is 2. The molecule has 4 heteroatoms. The summed E-state index contributed by atoms with van der Waals surface area (Å²) >= 11 is 0. The zero-order valence-electron chi connectivity index (χ0n) is 20.3. The minimum Gasteiger partial charge on any atom is -0.486 e. The van der Waals surface area contributed by atoms with Crippen LogP contribution in [0.15, 0.2) is 12.1 Å². The van der Waals surface area contributed by atoms with Gasteiger partial charge < -0.3 is 19.5 Å². The zero-order chi connectivity index (χ0) is 22.2. The van der Waals surface area contributed by atoms with Gasteiger partial charge in [0.05, 0.1) is 5.60 Å². The number of benzene rings is 1. The van der Waals surface area contributed by atoms with E-state index in [0.717, 1.165) is 50.8 Å². The van der Waals surface area contributed by atoms with Crippen molar-refractivity contribution in [1.29, 1.82) is 0 Å². The molecule has 2 fully saturated rings. The Hall–Kier alpha value is -1.10. The van der Waals surface area contributed by atoms with Crippen molar-refractivity contribution in [2.24, 2.45) is 11.3 Å². The standard InChI is InChI=1S/C27H41NO3/c1-7-9-25(4,29)19-16-26(10-8-2)21-15-18-13-17(3)14-20-22(18)27(26,11-12-28(21)5)24(31-20)23(19)30-6/h13-14,19,21,23-24,29H,7-12,15-16H2,1-6H3/t19-,21+,23+,24-,25?,26+,27-/m0/s1. The minimum absolute atomic E-state index is 0.00370. The van der Waals surface area contributed by atoms with Crippen LogP contribution in [-0.2, 0) is 16.6 Å². The number of rotatable bonds is 6. The number of aliphatic hydroxyl groups is 1. The van der Waals surface area contributed by atoms with Gasteiger partial charge in [0.1, 0.15) is 18.0 Å². The number of methoxy groups -OCH3 is 1. The molecule has 5 rings (SSSR count). The van der Waals surface area contributed by atoms with E-state index in [1.807, 2.05) is 14.0 Å². The molecule has 4 nitrogen and oxygen atoms in total. The number of likely N-dealkylation sites (N-methyl/N-ethyl adjacent to an activating group) is 1. The molecular formula is C27H41NO3. The largest absolute Gasteiger partial charge is 0.486 e. The van der Waals surface area contributed by atoms with Crippen LogP contribution in [-0.4, -0.2) is 54.6 Å². The topological polar surface area (TPSA) is 41.9 Å². The molecule has 1 aromatic rings. The molecular weight excluding hydrogens is 386 g/mol. The Morgan fingerprint density at radius 2 is 2.06 bits per heavy atom. The second-order valence-electron chi connectivity index (χ2n) is 11.3. The molecule has 1 saturated carbocycles. The molecule has 2 bridgehead atoms. The van der Waals surface area contributed by atoms with Crippen molar-refractivity contribution >= 4 is 0 Å². The van der Waals surface area contributed by atoms with Crippen LogP contribution in [0, 0.1) is 18.3 Å². The Balaban J connectivity index is 1.77. The normalized spacial score (nSPS) is 40.2. The van der Waals surface area contributed by atoms with E-state index in [9.17, 15) is 5.11 Å². The summed E-state index contributed by atoms with van der Waals surface area (Å²) in [4.78, 5) is 2.62. The van der Waals surface area contributed by atoms with E-state index < -0.39 is 5.60 Å². The van der Waals surface area contributed by atoms with Gasteiger partial charge in [0, 0.05) is 35.5 Å². The zero-order valence-corrected chi connectivity index (χ0v) is 20.3. The summed E-state index contributed by atoms with van der Waals surface area (Å²) in [7, 11) is 4.15. The third-order valence-electron chi connectivity index (χ3n) is 9.65. The van der Waals surface area contributed by atoms with Gasteiger partial charge in [-0.2, -0.15) is 0 Å². The maximum absolute atomic E-state index is 11.7. The summed E-state index contributed by atoms with van der Waals surface area (Å²) in [5.74, 6) is 1.18. The van der Waals surface area contributed by atoms with Gasteiger partial charge in [-0.3, -0.25) is 0 Å². The first-order valence-electron chi connectivity index (χ1n) is 12.5. The Bertz CT molecular complexity index is 866. The molecule has 1 aromatic carbocycles. The third-order valence-corrected chi connectivity index (χ3v) is 9.65. The third kappa shape index (κ3) is 2.65. The molecule has 2 heterocycles. The average molecular weight is 428 g/mol. The molecule has 31 heavy (non-hydrogen) atoms. The average Bonchev–Trinajstić information content (AvgIpc) is 3.03. The van der Waals surface area contributed by atoms with Gasteiger partial charge in [0.25, 0.3) is 0 Å². The second-order valence-corrected chi connectivity index (χ2v) is 11.3. The molecule has 1 saturated heterocycles. The number of hydrogen-bond acceptors (Lipinski definition) is 4. The van der Waals surface area contributed by atoms with E-state index in [1.54, 1.807) is 0 Å². The summed E-state index contributed by atoms with van der Waals surface area (Å²) in [5, 5.41) is 11.7. The lowest BCUT2D eigenvalue weighted by molar-refractivity contribution is -0.220. The SMILES string of the molecule is CCCC(C)(O)[C@H]1C[C@]2(CCC)[C@H]3Cc4cc(C)cc5c4[C@@]2(CCN3C)[C@@H](O5)[C@@H]1OC. The second kappa shape index (κ2) is 7.20. The van der Waals surface area contributed by atoms with Crippen molar-refractivity contribution in [1.82, 2.24) is 4.90 Å². The van der Waals surface area contributed by atoms with Crippen LogP contribution in [0.1, 0.15) is 76.0 Å². The lowest BCUT2D eigenvalue weighted by Crippen LogP contribution is -2.75. The van der Waals surface area contributed by atoms with Crippen molar-refractivity contribution in [3.63, 3.8) is 0 Å². The molecule has 1 spiro atoms. The molecule has 7 atom stereocenters. The molecule has 1 N–H and O–H groups in total. The predicted molar refractivity (Wildman–Crippen MR) is 124 cm³/mol. The Labute approximate surface area is 188 Å². The summed E-state index contributed by atoms with van der Waals surface area (Å²) in [6.45, 7) is 9.84. The van der Waals surface area contributed by atoms with E-state index in [4.69, 9.17) is 9.47 Å². The van der Waals surface area contributed by atoms with Gasteiger partial charge in [-0.1, -0.05) is 32.8 Å². The van der Waals surface area contributed by atoms with Crippen LogP contribution in [0.3, 0.4) is 0 Å². The summed E-state index contributed by atoms with van der Waals surface area (Å²) in [6, 6.07) is 5.16. The Morgan fingerprint density at radius 1 is 1.29 bits per heavy atom. The van der Waals surface area contributed by atoms with Crippen molar-refractivity contribution in [3.05, 3.63) is 28.8 Å². The number of piperidine rings is 1. The number of likely N-dealkylation sites (tertiary alicyclic amines) is 1. The fraction of sp³-hybridized carbons (Fsp3) is 0.778. The number of nitrogens with zero attached hydrogens (tertiary/aromatic N) is 1. The smallest absolute Gasteiger partial charge is 0.135 e. The molecule has 0 radical (unpaired) electrons. The predicted octanol–water partition coefficient (Wildman–Crippen LogP) is 4.63. The van der Waals surface area contributed by atoms with Crippen molar-refractivity contribution < 1.29 is 14.6 Å². The van der Waals surface area contributed by atoms with Crippen LogP contribution in [0.4, 0.5) is 0 Å². The fourth-order valence-electron chi connectivity index (χ4n) is 8.68. The molecule has 4 aliphatic rings. The Morgan fingerprint density at radius 3 is 2.74 bits per heavy atom. The van der Waals surface area contributed by atoms with Crippen LogP contribution in [0.2, 0.25) is 0 Å².